The normalized spacial score (nSPS) is 10.3. The minimum atomic E-state index is -0.261. The van der Waals surface area contributed by atoms with Crippen LogP contribution in [0.25, 0.3) is 0 Å². The summed E-state index contributed by atoms with van der Waals surface area (Å²) < 4.78 is 20.6. The van der Waals surface area contributed by atoms with Gasteiger partial charge in [0.15, 0.2) is 0 Å². The summed E-state index contributed by atoms with van der Waals surface area (Å²) in [6, 6.07) is 20.2. The first-order valence-corrected chi connectivity index (χ1v) is 9.39. The van der Waals surface area contributed by atoms with Gasteiger partial charge in [-0.05, 0) is 35.9 Å². The first-order valence-electron chi connectivity index (χ1n) is 8.22. The average Bonchev–Trinajstić information content (AvgIpc) is 2.64. The van der Waals surface area contributed by atoms with Gasteiger partial charge in [0.05, 0.1) is 0 Å². The lowest BCUT2D eigenvalue weighted by molar-refractivity contribution is 0.296. The van der Waals surface area contributed by atoms with Crippen molar-refractivity contribution in [3.63, 3.8) is 0 Å². The molecule has 0 aliphatic carbocycles. The fraction of sp³-hybridized carbons (Fsp3) is 0.143. The van der Waals surface area contributed by atoms with Gasteiger partial charge in [-0.2, -0.15) is 0 Å². The standard InChI is InChI=1S/C21H18BrClFNO.ClH/c22-18-9-10-21(26-14-16-6-2-4-8-20(16)24)17(11-18)13-25-12-15-5-1-3-7-19(15)23;/h1-11,25H,12-14H2;1H. The molecule has 27 heavy (non-hydrogen) atoms. The summed E-state index contributed by atoms with van der Waals surface area (Å²) in [5.74, 6) is 0.464. The van der Waals surface area contributed by atoms with Gasteiger partial charge in [0, 0.05) is 33.7 Å². The van der Waals surface area contributed by atoms with Crippen LogP contribution < -0.4 is 10.1 Å². The van der Waals surface area contributed by atoms with E-state index in [1.54, 1.807) is 18.2 Å². The Hall–Kier alpha value is -1.59. The van der Waals surface area contributed by atoms with Crippen molar-refractivity contribution in [1.82, 2.24) is 5.32 Å². The maximum atomic E-state index is 13.8. The highest BCUT2D eigenvalue weighted by molar-refractivity contribution is 9.10. The highest BCUT2D eigenvalue weighted by Crippen LogP contribution is 2.25. The molecule has 0 radical (unpaired) electrons. The van der Waals surface area contributed by atoms with Gasteiger partial charge in [0.1, 0.15) is 18.2 Å². The van der Waals surface area contributed by atoms with Crippen LogP contribution in [-0.4, -0.2) is 0 Å². The first kappa shape index (κ1) is 21.7. The summed E-state index contributed by atoms with van der Waals surface area (Å²) in [4.78, 5) is 0. The topological polar surface area (TPSA) is 21.3 Å². The summed E-state index contributed by atoms with van der Waals surface area (Å²) in [6.07, 6.45) is 0. The Morgan fingerprint density at radius 3 is 2.30 bits per heavy atom. The van der Waals surface area contributed by atoms with E-state index >= 15 is 0 Å². The van der Waals surface area contributed by atoms with Gasteiger partial charge >= 0.3 is 0 Å². The molecule has 0 spiro atoms. The zero-order valence-corrected chi connectivity index (χ0v) is 17.6. The molecule has 0 atom stereocenters. The van der Waals surface area contributed by atoms with Crippen LogP contribution in [0.2, 0.25) is 5.02 Å². The summed E-state index contributed by atoms with van der Waals surface area (Å²) in [7, 11) is 0. The predicted molar refractivity (Wildman–Crippen MR) is 114 cm³/mol. The third-order valence-electron chi connectivity index (χ3n) is 3.95. The molecule has 3 rings (SSSR count). The zero-order valence-electron chi connectivity index (χ0n) is 14.4. The van der Waals surface area contributed by atoms with Crippen LogP contribution in [0.4, 0.5) is 4.39 Å². The van der Waals surface area contributed by atoms with Crippen LogP contribution in [0.5, 0.6) is 5.75 Å². The van der Waals surface area contributed by atoms with Crippen LogP contribution in [-0.2, 0) is 19.7 Å². The molecular formula is C21H19BrCl2FNO. The number of benzene rings is 3. The van der Waals surface area contributed by atoms with Gasteiger partial charge < -0.3 is 10.1 Å². The molecule has 0 aliphatic heterocycles. The number of hydrogen-bond acceptors (Lipinski definition) is 2. The molecule has 6 heteroatoms. The van der Waals surface area contributed by atoms with Crippen molar-refractivity contribution in [2.75, 3.05) is 0 Å². The molecule has 0 unspecified atom stereocenters. The van der Waals surface area contributed by atoms with E-state index in [0.29, 0.717) is 18.7 Å². The maximum absolute atomic E-state index is 13.8. The van der Waals surface area contributed by atoms with E-state index < -0.39 is 0 Å². The Morgan fingerprint density at radius 2 is 1.56 bits per heavy atom. The summed E-state index contributed by atoms with van der Waals surface area (Å²) >= 11 is 9.68. The van der Waals surface area contributed by atoms with Gasteiger partial charge in [-0.25, -0.2) is 4.39 Å². The number of ether oxygens (including phenoxy) is 1. The lowest BCUT2D eigenvalue weighted by Gasteiger charge is -2.14. The molecule has 0 fully saturated rings. The van der Waals surface area contributed by atoms with Gasteiger partial charge in [0.25, 0.3) is 0 Å². The number of halogens is 4. The molecule has 0 heterocycles. The van der Waals surface area contributed by atoms with Crippen LogP contribution in [0, 0.1) is 5.82 Å². The molecule has 0 saturated carbocycles. The molecule has 0 aliphatic rings. The van der Waals surface area contributed by atoms with Crippen molar-refractivity contribution in [2.45, 2.75) is 19.7 Å². The van der Waals surface area contributed by atoms with E-state index in [0.717, 1.165) is 26.4 Å². The number of rotatable bonds is 7. The molecule has 0 amide bonds. The quantitative estimate of drug-likeness (QED) is 0.423. The van der Waals surface area contributed by atoms with Gasteiger partial charge in [0.2, 0.25) is 0 Å². The highest BCUT2D eigenvalue weighted by atomic mass is 79.9. The summed E-state index contributed by atoms with van der Waals surface area (Å²) in [5, 5.41) is 4.12. The van der Waals surface area contributed by atoms with Crippen molar-refractivity contribution in [2.24, 2.45) is 0 Å². The second-order valence-electron chi connectivity index (χ2n) is 5.83. The van der Waals surface area contributed by atoms with Gasteiger partial charge in [-0.15, -0.1) is 12.4 Å². The average molecular weight is 471 g/mol. The Bertz CT molecular complexity index is 892. The van der Waals surface area contributed by atoms with Crippen molar-refractivity contribution < 1.29 is 9.13 Å². The maximum Gasteiger partial charge on any atom is 0.129 e. The Labute approximate surface area is 178 Å². The fourth-order valence-electron chi connectivity index (χ4n) is 2.57. The van der Waals surface area contributed by atoms with E-state index in [2.05, 4.69) is 21.2 Å². The first-order chi connectivity index (χ1) is 12.6. The zero-order chi connectivity index (χ0) is 18.4. The van der Waals surface area contributed by atoms with E-state index in [1.807, 2.05) is 42.5 Å². The Morgan fingerprint density at radius 1 is 0.889 bits per heavy atom. The molecule has 3 aromatic rings. The summed E-state index contributed by atoms with van der Waals surface area (Å²) in [5.41, 5.74) is 2.56. The lowest BCUT2D eigenvalue weighted by Crippen LogP contribution is -2.14. The van der Waals surface area contributed by atoms with E-state index in [1.165, 1.54) is 6.07 Å². The molecule has 142 valence electrons. The van der Waals surface area contributed by atoms with E-state index in [-0.39, 0.29) is 24.8 Å². The third-order valence-corrected chi connectivity index (χ3v) is 4.81. The van der Waals surface area contributed by atoms with Crippen molar-refractivity contribution in [3.8, 4) is 5.75 Å². The molecule has 0 aromatic heterocycles. The Kier molecular flexibility index (Phi) is 8.58. The molecule has 2 nitrogen and oxygen atoms in total. The minimum absolute atomic E-state index is 0. The van der Waals surface area contributed by atoms with E-state index in [9.17, 15) is 4.39 Å². The van der Waals surface area contributed by atoms with Gasteiger partial charge in [-0.3, -0.25) is 0 Å². The predicted octanol–water partition coefficient (Wildman–Crippen LogP) is 6.53. The second-order valence-corrected chi connectivity index (χ2v) is 7.15. The van der Waals surface area contributed by atoms with Crippen molar-refractivity contribution >= 4 is 39.9 Å². The van der Waals surface area contributed by atoms with Crippen molar-refractivity contribution in [3.05, 3.63) is 98.7 Å². The molecule has 0 bridgehead atoms. The fourth-order valence-corrected chi connectivity index (χ4v) is 3.18. The van der Waals surface area contributed by atoms with Crippen LogP contribution >= 0.6 is 39.9 Å². The monoisotopic (exact) mass is 469 g/mol. The van der Waals surface area contributed by atoms with Gasteiger partial charge in [-0.1, -0.05) is 63.9 Å². The number of hydrogen-bond donors (Lipinski definition) is 1. The molecular weight excluding hydrogens is 452 g/mol. The highest BCUT2D eigenvalue weighted by Gasteiger charge is 2.08. The SMILES string of the molecule is Cl.Fc1ccccc1COc1ccc(Br)cc1CNCc1ccccc1Cl. The van der Waals surface area contributed by atoms with Crippen LogP contribution in [0.15, 0.2) is 71.2 Å². The molecule has 1 N–H and O–H groups in total. The largest absolute Gasteiger partial charge is 0.488 e. The second kappa shape index (κ2) is 10.7. The third kappa shape index (κ3) is 6.22. The summed E-state index contributed by atoms with van der Waals surface area (Å²) in [6.45, 7) is 1.45. The van der Waals surface area contributed by atoms with E-state index in [4.69, 9.17) is 16.3 Å². The van der Waals surface area contributed by atoms with Crippen molar-refractivity contribution in [1.29, 1.82) is 0 Å². The molecule has 3 aromatic carbocycles. The van der Waals surface area contributed by atoms with Crippen LogP contribution in [0.3, 0.4) is 0 Å². The number of nitrogens with one attached hydrogen (secondary N) is 1. The smallest absolute Gasteiger partial charge is 0.129 e. The molecule has 0 saturated heterocycles. The Balaban J connectivity index is 0.00000261. The lowest BCUT2D eigenvalue weighted by atomic mass is 10.1. The van der Waals surface area contributed by atoms with Crippen LogP contribution in [0.1, 0.15) is 16.7 Å². The minimum Gasteiger partial charge on any atom is -0.488 e.